The first-order chi connectivity index (χ1) is 8.52. The molecule has 0 saturated carbocycles. The van der Waals surface area contributed by atoms with Gasteiger partial charge in [0.25, 0.3) is 0 Å². The SMILES string of the molecule is CC(C)(C)C1=CCN(CC2CC3CCC2N3)CC1. The minimum Gasteiger partial charge on any atom is -0.311 e. The van der Waals surface area contributed by atoms with Gasteiger partial charge in [0.1, 0.15) is 0 Å². The van der Waals surface area contributed by atoms with Crippen LogP contribution >= 0.6 is 0 Å². The van der Waals surface area contributed by atoms with Crippen LogP contribution in [-0.4, -0.2) is 36.6 Å². The Morgan fingerprint density at radius 2 is 2.17 bits per heavy atom. The maximum absolute atomic E-state index is 3.76. The molecule has 0 amide bonds. The molecule has 3 aliphatic heterocycles. The van der Waals surface area contributed by atoms with Gasteiger partial charge in [-0.2, -0.15) is 0 Å². The zero-order valence-corrected chi connectivity index (χ0v) is 12.2. The van der Waals surface area contributed by atoms with Gasteiger partial charge in [-0.3, -0.25) is 4.90 Å². The van der Waals surface area contributed by atoms with Crippen LogP contribution in [0.4, 0.5) is 0 Å². The van der Waals surface area contributed by atoms with Gasteiger partial charge in [-0.1, -0.05) is 32.4 Å². The van der Waals surface area contributed by atoms with Crippen LogP contribution in [0.5, 0.6) is 0 Å². The summed E-state index contributed by atoms with van der Waals surface area (Å²) < 4.78 is 0. The van der Waals surface area contributed by atoms with E-state index in [1.165, 1.54) is 45.3 Å². The smallest absolute Gasteiger partial charge is 0.0166 e. The highest BCUT2D eigenvalue weighted by Crippen LogP contribution is 2.35. The minimum atomic E-state index is 0.375. The topological polar surface area (TPSA) is 15.3 Å². The van der Waals surface area contributed by atoms with Crippen molar-refractivity contribution in [3.05, 3.63) is 11.6 Å². The van der Waals surface area contributed by atoms with Crippen molar-refractivity contribution in [3.63, 3.8) is 0 Å². The van der Waals surface area contributed by atoms with E-state index >= 15 is 0 Å². The second-order valence-electron chi connectivity index (χ2n) is 7.53. The fourth-order valence-electron chi connectivity index (χ4n) is 4.03. The van der Waals surface area contributed by atoms with Crippen molar-refractivity contribution in [1.82, 2.24) is 10.2 Å². The van der Waals surface area contributed by atoms with E-state index in [9.17, 15) is 0 Å². The van der Waals surface area contributed by atoms with Crippen molar-refractivity contribution in [2.45, 2.75) is 58.5 Å². The highest BCUT2D eigenvalue weighted by atomic mass is 15.1. The van der Waals surface area contributed by atoms with Crippen molar-refractivity contribution >= 4 is 0 Å². The maximum atomic E-state index is 3.76. The molecule has 0 aromatic carbocycles. The van der Waals surface area contributed by atoms with E-state index < -0.39 is 0 Å². The van der Waals surface area contributed by atoms with E-state index in [4.69, 9.17) is 0 Å². The van der Waals surface area contributed by atoms with Gasteiger partial charge < -0.3 is 5.32 Å². The molecule has 18 heavy (non-hydrogen) atoms. The molecule has 102 valence electrons. The Balaban J connectivity index is 1.53. The molecular formula is C16H28N2. The molecule has 0 spiro atoms. The molecule has 2 nitrogen and oxygen atoms in total. The zero-order valence-electron chi connectivity index (χ0n) is 12.2. The molecule has 0 aromatic rings. The fraction of sp³-hybridized carbons (Fsp3) is 0.875. The highest BCUT2D eigenvalue weighted by molar-refractivity contribution is 5.14. The molecule has 2 heteroatoms. The fourth-order valence-corrected chi connectivity index (χ4v) is 4.03. The molecule has 0 aromatic heterocycles. The first-order valence-corrected chi connectivity index (χ1v) is 7.70. The summed E-state index contributed by atoms with van der Waals surface area (Å²) in [6.45, 7) is 10.8. The van der Waals surface area contributed by atoms with Crippen molar-refractivity contribution in [2.24, 2.45) is 11.3 Å². The summed E-state index contributed by atoms with van der Waals surface area (Å²) >= 11 is 0. The van der Waals surface area contributed by atoms with E-state index in [-0.39, 0.29) is 0 Å². The third-order valence-corrected chi connectivity index (χ3v) is 5.18. The van der Waals surface area contributed by atoms with Crippen LogP contribution in [-0.2, 0) is 0 Å². The van der Waals surface area contributed by atoms with Crippen molar-refractivity contribution in [3.8, 4) is 0 Å². The van der Waals surface area contributed by atoms with Crippen molar-refractivity contribution in [1.29, 1.82) is 0 Å². The summed E-state index contributed by atoms with van der Waals surface area (Å²) in [5.41, 5.74) is 2.03. The van der Waals surface area contributed by atoms with Gasteiger partial charge in [-0.15, -0.1) is 0 Å². The zero-order chi connectivity index (χ0) is 12.8. The van der Waals surface area contributed by atoms with Gasteiger partial charge in [0, 0.05) is 31.7 Å². The molecule has 3 atom stereocenters. The van der Waals surface area contributed by atoms with E-state index in [1.54, 1.807) is 5.57 Å². The molecule has 3 rings (SSSR count). The number of nitrogens with zero attached hydrogens (tertiary/aromatic N) is 1. The number of hydrogen-bond acceptors (Lipinski definition) is 2. The van der Waals surface area contributed by atoms with Gasteiger partial charge in [-0.05, 0) is 37.0 Å². The van der Waals surface area contributed by atoms with Crippen molar-refractivity contribution in [2.75, 3.05) is 19.6 Å². The van der Waals surface area contributed by atoms with Crippen molar-refractivity contribution < 1.29 is 0 Å². The van der Waals surface area contributed by atoms with Crippen LogP contribution in [0.15, 0.2) is 11.6 Å². The molecule has 0 aliphatic carbocycles. The molecular weight excluding hydrogens is 220 g/mol. The van der Waals surface area contributed by atoms with Crippen LogP contribution in [0, 0.1) is 11.3 Å². The normalized spacial score (nSPS) is 37.1. The molecule has 2 fully saturated rings. The van der Waals surface area contributed by atoms with Crippen LogP contribution < -0.4 is 5.32 Å². The molecule has 3 heterocycles. The average Bonchev–Trinajstić information content (AvgIpc) is 2.90. The quantitative estimate of drug-likeness (QED) is 0.756. The molecule has 1 N–H and O–H groups in total. The Labute approximate surface area is 112 Å². The van der Waals surface area contributed by atoms with Crippen LogP contribution in [0.1, 0.15) is 46.5 Å². The maximum Gasteiger partial charge on any atom is 0.0166 e. The summed E-state index contributed by atoms with van der Waals surface area (Å²) in [5.74, 6) is 0.924. The molecule has 0 radical (unpaired) electrons. The van der Waals surface area contributed by atoms with Gasteiger partial charge in [0.2, 0.25) is 0 Å². The standard InChI is InChI=1S/C16H28N2/c1-16(2,3)13-6-8-18(9-7-13)11-12-10-14-4-5-15(12)17-14/h6,12,14-15,17H,4-5,7-11H2,1-3H3. The molecule has 2 saturated heterocycles. The number of nitrogens with one attached hydrogen (secondary N) is 1. The van der Waals surface area contributed by atoms with Crippen LogP contribution in [0.3, 0.4) is 0 Å². The van der Waals surface area contributed by atoms with E-state index in [1.807, 2.05) is 0 Å². The Morgan fingerprint density at radius 3 is 2.67 bits per heavy atom. The Morgan fingerprint density at radius 1 is 1.33 bits per heavy atom. The second-order valence-corrected chi connectivity index (χ2v) is 7.53. The third-order valence-electron chi connectivity index (χ3n) is 5.18. The van der Waals surface area contributed by atoms with Crippen LogP contribution in [0.2, 0.25) is 0 Å². The van der Waals surface area contributed by atoms with E-state index in [2.05, 4.69) is 37.1 Å². The first-order valence-electron chi connectivity index (χ1n) is 7.70. The van der Waals surface area contributed by atoms with Gasteiger partial charge in [0.15, 0.2) is 0 Å². The van der Waals surface area contributed by atoms with Gasteiger partial charge >= 0.3 is 0 Å². The lowest BCUT2D eigenvalue weighted by Gasteiger charge is -2.34. The third kappa shape index (κ3) is 2.50. The Kier molecular flexibility index (Phi) is 3.27. The average molecular weight is 248 g/mol. The van der Waals surface area contributed by atoms with Gasteiger partial charge in [0.05, 0.1) is 0 Å². The molecule has 3 unspecified atom stereocenters. The van der Waals surface area contributed by atoms with Gasteiger partial charge in [-0.25, -0.2) is 0 Å². The number of hydrogen-bond donors (Lipinski definition) is 1. The monoisotopic (exact) mass is 248 g/mol. The lowest BCUT2D eigenvalue weighted by atomic mass is 9.82. The predicted molar refractivity (Wildman–Crippen MR) is 76.6 cm³/mol. The van der Waals surface area contributed by atoms with E-state index in [0.29, 0.717) is 5.41 Å². The largest absolute Gasteiger partial charge is 0.311 e. The molecule has 3 aliphatic rings. The number of rotatable bonds is 2. The second kappa shape index (κ2) is 4.64. The van der Waals surface area contributed by atoms with Crippen LogP contribution in [0.25, 0.3) is 0 Å². The minimum absolute atomic E-state index is 0.375. The summed E-state index contributed by atoms with van der Waals surface area (Å²) in [6, 6.07) is 1.69. The lowest BCUT2D eigenvalue weighted by molar-refractivity contribution is 0.217. The Bertz CT molecular complexity index is 339. The summed E-state index contributed by atoms with van der Waals surface area (Å²) in [5, 5.41) is 3.76. The van der Waals surface area contributed by atoms with E-state index in [0.717, 1.165) is 18.0 Å². The first kappa shape index (κ1) is 12.7. The molecule has 2 bridgehead atoms. The summed E-state index contributed by atoms with van der Waals surface area (Å²) in [4.78, 5) is 2.67. The Hall–Kier alpha value is -0.340. The lowest BCUT2D eigenvalue weighted by Crippen LogP contribution is -2.38. The highest BCUT2D eigenvalue weighted by Gasteiger charge is 2.39. The number of fused-ring (bicyclic) bond motifs is 2. The predicted octanol–water partition coefficient (Wildman–Crippen LogP) is 2.81. The summed E-state index contributed by atoms with van der Waals surface area (Å²) in [7, 11) is 0. The summed E-state index contributed by atoms with van der Waals surface area (Å²) in [6.07, 6.45) is 8.04.